The quantitative estimate of drug-likeness (QED) is 0.0546. The van der Waals surface area contributed by atoms with E-state index in [0.29, 0.717) is 58.2 Å². The summed E-state index contributed by atoms with van der Waals surface area (Å²) in [5, 5.41) is 10.2. The second kappa shape index (κ2) is 23.0. The summed E-state index contributed by atoms with van der Waals surface area (Å²) >= 11 is 0. The number of hydrogen-bond acceptors (Lipinski definition) is 9. The third-order valence-electron chi connectivity index (χ3n) is 10.5. The largest absolute Gasteiger partial charge is 0.368 e. The molecule has 0 fully saturated rings. The van der Waals surface area contributed by atoms with Gasteiger partial charge in [-0.1, -0.05) is 67.3 Å². The molecule has 0 saturated heterocycles. The molecule has 0 radical (unpaired) electrons. The van der Waals surface area contributed by atoms with Crippen molar-refractivity contribution in [2.45, 2.75) is 89.3 Å². The van der Waals surface area contributed by atoms with Crippen LogP contribution in [0, 0.1) is 23.7 Å². The molecule has 0 spiro atoms. The van der Waals surface area contributed by atoms with E-state index in [0.717, 1.165) is 27.0 Å². The van der Waals surface area contributed by atoms with Gasteiger partial charge >= 0.3 is 6.03 Å². The van der Waals surface area contributed by atoms with Gasteiger partial charge in [0.1, 0.15) is 6.04 Å². The van der Waals surface area contributed by atoms with Crippen LogP contribution in [0.3, 0.4) is 0 Å². The molecule has 0 bridgehead atoms. The van der Waals surface area contributed by atoms with E-state index in [-0.39, 0.29) is 38.0 Å². The highest BCUT2D eigenvalue weighted by Gasteiger charge is 2.32. The zero-order valence-corrected chi connectivity index (χ0v) is 33.6. The maximum absolute atomic E-state index is 14.2. The van der Waals surface area contributed by atoms with Crippen LogP contribution in [0.1, 0.15) is 69.4 Å². The van der Waals surface area contributed by atoms with Crippen molar-refractivity contribution < 1.29 is 28.8 Å². The van der Waals surface area contributed by atoms with Crippen LogP contribution in [0.15, 0.2) is 60.8 Å². The van der Waals surface area contributed by atoms with Gasteiger partial charge in [-0.2, -0.15) is 0 Å². The highest BCUT2D eigenvalue weighted by atomic mass is 16.2. The number of rotatable bonds is 14. The van der Waals surface area contributed by atoms with Crippen LogP contribution < -0.4 is 33.3 Å². The molecule has 312 valence electrons. The van der Waals surface area contributed by atoms with Gasteiger partial charge < -0.3 is 32.4 Å². The van der Waals surface area contributed by atoms with Gasteiger partial charge in [-0.3, -0.25) is 33.9 Å². The molecule has 2 aromatic carbocycles. The average Bonchev–Trinajstić information content (AvgIpc) is 3.61. The molecule has 1 aromatic heterocycles. The summed E-state index contributed by atoms with van der Waals surface area (Å²) in [4.78, 5) is 86.5. The number of para-hydroxylation sites is 1. The van der Waals surface area contributed by atoms with Crippen molar-refractivity contribution in [3.05, 3.63) is 71.9 Å². The van der Waals surface area contributed by atoms with Crippen LogP contribution in [-0.4, -0.2) is 102 Å². The summed E-state index contributed by atoms with van der Waals surface area (Å²) in [6.45, 7) is 3.03. The van der Waals surface area contributed by atoms with Crippen LogP contribution in [0.25, 0.3) is 10.9 Å². The first kappa shape index (κ1) is 45.1. The molecule has 5 atom stereocenters. The number of nitrogens with two attached hydrogens (primary N) is 3. The van der Waals surface area contributed by atoms with Crippen molar-refractivity contribution in [3.8, 4) is 11.8 Å². The van der Waals surface area contributed by atoms with Crippen LogP contribution >= 0.6 is 0 Å². The number of primary amides is 1. The van der Waals surface area contributed by atoms with Crippen molar-refractivity contribution in [2.75, 3.05) is 33.2 Å². The molecule has 15 nitrogen and oxygen atoms in total. The zero-order chi connectivity index (χ0) is 42.0. The predicted molar refractivity (Wildman–Crippen MR) is 222 cm³/mol. The fourth-order valence-corrected chi connectivity index (χ4v) is 6.98. The van der Waals surface area contributed by atoms with E-state index in [1.54, 1.807) is 13.1 Å². The number of carbonyl (C=O) groups excluding carboxylic acids is 6. The minimum Gasteiger partial charge on any atom is -0.368 e. The number of hydrogen-bond donors (Lipinski definition) is 7. The number of nitrogens with one attached hydrogen (secondary N) is 4. The number of Topliss-reactive ketones (excluding diaryl/α,β-unsaturated/α-hetero) is 2. The first-order valence-corrected chi connectivity index (χ1v) is 20.1. The topological polar surface area (TPSA) is 239 Å². The van der Waals surface area contributed by atoms with Crippen LogP contribution in [0.4, 0.5) is 4.79 Å². The summed E-state index contributed by atoms with van der Waals surface area (Å²) in [6.07, 6.45) is 4.82. The minimum atomic E-state index is -1.02. The molecule has 0 saturated carbocycles. The first-order valence-electron chi connectivity index (χ1n) is 20.1. The molecule has 0 unspecified atom stereocenters. The molecular weight excluding hydrogens is 739 g/mol. The van der Waals surface area contributed by atoms with Gasteiger partial charge in [0, 0.05) is 48.2 Å². The van der Waals surface area contributed by atoms with Gasteiger partial charge in [0.05, 0.1) is 25.2 Å². The highest BCUT2D eigenvalue weighted by molar-refractivity contribution is 5.96. The minimum absolute atomic E-state index is 0.0585. The van der Waals surface area contributed by atoms with Gasteiger partial charge in [0.25, 0.3) is 0 Å². The number of nitrogens with zero attached hydrogens (tertiary/aromatic N) is 2. The number of benzene rings is 2. The maximum atomic E-state index is 14.2. The normalized spacial score (nSPS) is 20.3. The molecule has 58 heavy (non-hydrogen) atoms. The van der Waals surface area contributed by atoms with Crippen LogP contribution in [0.5, 0.6) is 0 Å². The van der Waals surface area contributed by atoms with Gasteiger partial charge in [-0.25, -0.2) is 10.6 Å². The average molecular weight is 798 g/mol. The maximum Gasteiger partial charge on any atom is 0.333 e. The van der Waals surface area contributed by atoms with Gasteiger partial charge in [0.15, 0.2) is 11.6 Å². The summed E-state index contributed by atoms with van der Waals surface area (Å²) in [7, 11) is 1.90. The smallest absolute Gasteiger partial charge is 0.333 e. The first-order chi connectivity index (χ1) is 27.9. The van der Waals surface area contributed by atoms with Crippen molar-refractivity contribution in [3.63, 3.8) is 0 Å². The number of fused-ring (bicyclic) bond motifs is 1. The summed E-state index contributed by atoms with van der Waals surface area (Å²) in [6, 6.07) is 13.3. The Labute approximate surface area is 340 Å². The highest BCUT2D eigenvalue weighted by Crippen LogP contribution is 2.22. The third-order valence-corrected chi connectivity index (χ3v) is 10.5. The van der Waals surface area contributed by atoms with Crippen LogP contribution in [-0.2, 0) is 36.8 Å². The number of aromatic amines is 1. The Morgan fingerprint density at radius 3 is 2.43 bits per heavy atom. The van der Waals surface area contributed by atoms with E-state index in [2.05, 4.69) is 32.8 Å². The predicted octanol–water partition coefficient (Wildman–Crippen LogP) is 2.08. The van der Waals surface area contributed by atoms with Crippen molar-refractivity contribution >= 4 is 46.2 Å². The number of hydrazine groups is 1. The number of carbonyl (C=O) groups is 6. The molecule has 10 N–H and O–H groups in total. The van der Waals surface area contributed by atoms with Crippen molar-refractivity contribution in [1.29, 1.82) is 0 Å². The van der Waals surface area contributed by atoms with E-state index >= 15 is 0 Å². The molecule has 1 aliphatic rings. The van der Waals surface area contributed by atoms with E-state index in [1.807, 2.05) is 66.5 Å². The molecule has 1 aliphatic heterocycles. The second-order valence-corrected chi connectivity index (χ2v) is 15.2. The van der Waals surface area contributed by atoms with Gasteiger partial charge in [0.2, 0.25) is 17.7 Å². The second-order valence-electron chi connectivity index (χ2n) is 15.2. The van der Waals surface area contributed by atoms with Gasteiger partial charge in [-0.05, 0) is 82.3 Å². The van der Waals surface area contributed by atoms with E-state index in [1.165, 1.54) is 0 Å². The Morgan fingerprint density at radius 2 is 1.69 bits per heavy atom. The fraction of sp³-hybridized carbons (Fsp3) is 0.488. The number of amides is 5. The molecule has 3 aromatic rings. The molecular formula is C43H59N9O6. The molecule has 2 heterocycles. The van der Waals surface area contributed by atoms with E-state index in [4.69, 9.17) is 17.3 Å². The monoisotopic (exact) mass is 797 g/mol. The number of ketones is 2. The van der Waals surface area contributed by atoms with Crippen molar-refractivity contribution in [1.82, 2.24) is 30.8 Å². The standard InChI is InChI=1S/C43H59N9O6/c1-29-24-38(53)37(26-32-28-47-34-17-7-6-16-33(32)34)50-43(58)52(46)23-13-12-22-51(2)21-11-9-18-35(48-41(29)56)39(54)27-31(25-30-14-4-3-5-15-30)42(57)49-36(40(45)55)19-8-10-20-44/h3-7,14-17,28-29,31,35-37,47H,8-11,18-27,44,46H2,1-2H3,(H2,45,55)(H,48,56)(H,49,57)(H,50,58)/t29-,31+,35+,36+,37-/m1/s1. The molecule has 4 rings (SSSR count). The lowest BCUT2D eigenvalue weighted by atomic mass is 9.89. The Morgan fingerprint density at radius 1 is 0.966 bits per heavy atom. The van der Waals surface area contributed by atoms with E-state index in [9.17, 15) is 28.8 Å². The van der Waals surface area contributed by atoms with Crippen molar-refractivity contribution in [2.24, 2.45) is 29.1 Å². The summed E-state index contributed by atoms with van der Waals surface area (Å²) in [5.41, 5.74) is 13.8. The van der Waals surface area contributed by atoms with E-state index < -0.39 is 59.5 Å². The number of urea groups is 1. The Kier molecular flexibility index (Phi) is 17.9. The Bertz CT molecular complexity index is 1920. The molecule has 15 heteroatoms. The fourth-order valence-electron chi connectivity index (χ4n) is 6.98. The lowest BCUT2D eigenvalue weighted by Crippen LogP contribution is -2.52. The van der Waals surface area contributed by atoms with Gasteiger partial charge in [-0.15, -0.1) is 0 Å². The summed E-state index contributed by atoms with van der Waals surface area (Å²) < 4.78 is 0. The molecule has 0 aliphatic carbocycles. The number of aromatic nitrogens is 1. The zero-order valence-electron chi connectivity index (χ0n) is 33.6. The Hall–Kier alpha value is -5.56. The Balaban J connectivity index is 1.57. The van der Waals surface area contributed by atoms with Crippen LogP contribution in [0.2, 0.25) is 0 Å². The lowest BCUT2D eigenvalue weighted by molar-refractivity contribution is -0.134. The molecule has 5 amide bonds. The SMILES string of the molecule is C[C@@H]1CC(=O)[C@@H](Cc2c[nH]c3ccccc23)NC(=O)N(N)CC#CCN(C)CCCC[C@@H](C(=O)C[C@H](Cc2ccccc2)C(=O)N[C@@H](CCCCN)C(N)=O)NC1=O. The number of H-pyrrole nitrogens is 1. The number of unbranched alkanes of at least 4 members (excludes halogenated alkanes) is 1. The lowest BCUT2D eigenvalue weighted by Gasteiger charge is -2.25. The third kappa shape index (κ3) is 14.1. The summed E-state index contributed by atoms with van der Waals surface area (Å²) in [5.74, 6) is 7.84.